The van der Waals surface area contributed by atoms with Crippen molar-refractivity contribution in [2.45, 2.75) is 18.8 Å². The van der Waals surface area contributed by atoms with Crippen molar-refractivity contribution < 1.29 is 18.1 Å². The Hall–Kier alpha value is -1.46. The molecule has 1 saturated carbocycles. The normalized spacial score (nSPS) is 20.1. The Morgan fingerprint density at radius 1 is 1.64 bits per heavy atom. The lowest BCUT2D eigenvalue weighted by Gasteiger charge is -2.33. The van der Waals surface area contributed by atoms with Crippen LogP contribution in [0.25, 0.3) is 0 Å². The second-order valence-corrected chi connectivity index (χ2v) is 3.34. The summed E-state index contributed by atoms with van der Waals surface area (Å²) in [7, 11) is 0. The molecule has 76 valence electrons. The van der Waals surface area contributed by atoms with Crippen molar-refractivity contribution in [3.63, 3.8) is 0 Å². The third-order valence-electron chi connectivity index (χ3n) is 2.15. The highest BCUT2D eigenvalue weighted by Crippen LogP contribution is 2.42. The van der Waals surface area contributed by atoms with Crippen LogP contribution >= 0.6 is 0 Å². The number of carbonyl (C=O) groups excluding carboxylic acids is 1. The molecule has 0 bridgehead atoms. The van der Waals surface area contributed by atoms with Gasteiger partial charge in [-0.1, -0.05) is 5.16 Å². The molecule has 0 aliphatic heterocycles. The molecule has 1 heterocycles. The lowest BCUT2D eigenvalue weighted by atomic mass is 9.81. The van der Waals surface area contributed by atoms with Crippen LogP contribution in [0, 0.1) is 5.92 Å². The lowest BCUT2D eigenvalue weighted by Crippen LogP contribution is -2.42. The molecule has 0 spiro atoms. The van der Waals surface area contributed by atoms with Crippen LogP contribution in [-0.4, -0.2) is 17.0 Å². The molecule has 4 nitrogen and oxygen atoms in total. The maximum Gasteiger partial charge on any atom is 0.249 e. The van der Waals surface area contributed by atoms with Crippen molar-refractivity contribution in [1.29, 1.82) is 0 Å². The van der Waals surface area contributed by atoms with E-state index in [1.54, 1.807) is 0 Å². The van der Waals surface area contributed by atoms with Gasteiger partial charge in [-0.2, -0.15) is 0 Å². The number of anilines is 1. The number of halogens is 2. The summed E-state index contributed by atoms with van der Waals surface area (Å²) < 4.78 is 29.3. The first-order chi connectivity index (χ1) is 6.57. The minimum absolute atomic E-state index is 0.255. The molecule has 0 aromatic carbocycles. The van der Waals surface area contributed by atoms with Crippen LogP contribution < -0.4 is 5.32 Å². The molecule has 6 heteroatoms. The first-order valence-corrected chi connectivity index (χ1v) is 4.16. The Bertz CT molecular complexity index is 329. The Labute approximate surface area is 78.3 Å². The Morgan fingerprint density at radius 3 is 2.86 bits per heavy atom. The van der Waals surface area contributed by atoms with E-state index >= 15 is 0 Å². The first kappa shape index (κ1) is 9.11. The van der Waals surface area contributed by atoms with Crippen molar-refractivity contribution in [2.75, 3.05) is 5.32 Å². The van der Waals surface area contributed by atoms with Gasteiger partial charge in [-0.3, -0.25) is 4.79 Å². The largest absolute Gasteiger partial charge is 0.363 e. The van der Waals surface area contributed by atoms with Crippen LogP contribution in [0.15, 0.2) is 16.9 Å². The molecule has 0 atom stereocenters. The minimum atomic E-state index is -2.67. The molecule has 1 aromatic rings. The Balaban J connectivity index is 1.86. The monoisotopic (exact) mass is 202 g/mol. The van der Waals surface area contributed by atoms with Crippen LogP contribution in [0.4, 0.5) is 14.6 Å². The number of rotatable bonds is 2. The van der Waals surface area contributed by atoms with Crippen LogP contribution in [0.2, 0.25) is 0 Å². The van der Waals surface area contributed by atoms with E-state index in [0.717, 1.165) is 0 Å². The molecule has 14 heavy (non-hydrogen) atoms. The average Bonchev–Trinajstić information content (AvgIpc) is 2.52. The van der Waals surface area contributed by atoms with Gasteiger partial charge in [0.2, 0.25) is 11.8 Å². The van der Waals surface area contributed by atoms with Crippen LogP contribution in [-0.2, 0) is 4.79 Å². The Kier molecular flexibility index (Phi) is 1.98. The molecular weight excluding hydrogens is 194 g/mol. The fourth-order valence-electron chi connectivity index (χ4n) is 1.35. The number of amides is 1. The van der Waals surface area contributed by atoms with Crippen LogP contribution in [0.5, 0.6) is 0 Å². The highest BCUT2D eigenvalue weighted by atomic mass is 19.3. The van der Waals surface area contributed by atoms with Gasteiger partial charge in [0.1, 0.15) is 6.26 Å². The van der Waals surface area contributed by atoms with E-state index in [-0.39, 0.29) is 18.7 Å². The van der Waals surface area contributed by atoms with Gasteiger partial charge < -0.3 is 9.84 Å². The highest BCUT2D eigenvalue weighted by molar-refractivity contribution is 5.92. The van der Waals surface area contributed by atoms with E-state index < -0.39 is 17.7 Å². The quantitative estimate of drug-likeness (QED) is 0.793. The predicted octanol–water partition coefficient (Wildman–Crippen LogP) is 1.66. The van der Waals surface area contributed by atoms with Crippen molar-refractivity contribution in [3.05, 3.63) is 12.3 Å². The molecule has 0 unspecified atom stereocenters. The van der Waals surface area contributed by atoms with Gasteiger partial charge in [0.15, 0.2) is 5.82 Å². The van der Waals surface area contributed by atoms with E-state index in [4.69, 9.17) is 0 Å². The number of nitrogens with one attached hydrogen (secondary N) is 1. The van der Waals surface area contributed by atoms with E-state index in [0.29, 0.717) is 0 Å². The summed E-state index contributed by atoms with van der Waals surface area (Å²) in [5.74, 6) is -3.46. The molecule has 0 saturated heterocycles. The maximum atomic E-state index is 12.4. The summed E-state index contributed by atoms with van der Waals surface area (Å²) in [6.45, 7) is 0. The zero-order valence-electron chi connectivity index (χ0n) is 7.17. The van der Waals surface area contributed by atoms with Gasteiger partial charge in [0.25, 0.3) is 0 Å². The molecule has 0 radical (unpaired) electrons. The van der Waals surface area contributed by atoms with Crippen molar-refractivity contribution >= 4 is 11.7 Å². The Morgan fingerprint density at radius 2 is 2.36 bits per heavy atom. The van der Waals surface area contributed by atoms with Crippen LogP contribution in [0.1, 0.15) is 12.8 Å². The fraction of sp³-hybridized carbons (Fsp3) is 0.500. The molecule has 1 amide bonds. The SMILES string of the molecule is O=C(Nc1ccon1)C1CC(F)(F)C1. The van der Waals surface area contributed by atoms with Crippen molar-refractivity contribution in [2.24, 2.45) is 5.92 Å². The van der Waals surface area contributed by atoms with Crippen molar-refractivity contribution in [3.8, 4) is 0 Å². The molecular formula is C8H8F2N2O2. The fourth-order valence-corrected chi connectivity index (χ4v) is 1.35. The summed E-state index contributed by atoms with van der Waals surface area (Å²) in [5.41, 5.74) is 0. The van der Waals surface area contributed by atoms with E-state index in [9.17, 15) is 13.6 Å². The highest BCUT2D eigenvalue weighted by Gasteiger charge is 2.48. The van der Waals surface area contributed by atoms with Gasteiger partial charge in [0, 0.05) is 24.8 Å². The zero-order valence-corrected chi connectivity index (χ0v) is 7.17. The summed E-state index contributed by atoms with van der Waals surface area (Å²) in [5, 5.41) is 5.82. The second-order valence-electron chi connectivity index (χ2n) is 3.34. The standard InChI is InChI=1S/C8H8F2N2O2/c9-8(10)3-5(4-8)7(13)11-6-1-2-14-12-6/h1-2,5H,3-4H2,(H,11,12,13). The smallest absolute Gasteiger partial charge is 0.249 e. The minimum Gasteiger partial charge on any atom is -0.363 e. The van der Waals surface area contributed by atoms with Gasteiger partial charge in [-0.05, 0) is 0 Å². The number of carbonyl (C=O) groups is 1. The van der Waals surface area contributed by atoms with E-state index in [2.05, 4.69) is 15.0 Å². The lowest BCUT2D eigenvalue weighted by molar-refractivity contribution is -0.145. The van der Waals surface area contributed by atoms with Gasteiger partial charge >= 0.3 is 0 Å². The molecule has 1 aromatic heterocycles. The number of hydrogen-bond donors (Lipinski definition) is 1. The van der Waals surface area contributed by atoms with E-state index in [1.165, 1.54) is 12.3 Å². The summed E-state index contributed by atoms with van der Waals surface area (Å²) >= 11 is 0. The molecule has 1 N–H and O–H groups in total. The van der Waals surface area contributed by atoms with Gasteiger partial charge in [-0.25, -0.2) is 8.78 Å². The van der Waals surface area contributed by atoms with Gasteiger partial charge in [-0.15, -0.1) is 0 Å². The zero-order chi connectivity index (χ0) is 10.2. The van der Waals surface area contributed by atoms with E-state index in [1.807, 2.05) is 0 Å². The maximum absolute atomic E-state index is 12.4. The number of nitrogens with zero attached hydrogens (tertiary/aromatic N) is 1. The molecule has 2 rings (SSSR count). The van der Waals surface area contributed by atoms with Gasteiger partial charge in [0.05, 0.1) is 0 Å². The molecule has 1 aliphatic carbocycles. The summed E-state index contributed by atoms with van der Waals surface area (Å²) in [6, 6.07) is 1.45. The molecule has 1 aliphatic rings. The molecule has 1 fully saturated rings. The average molecular weight is 202 g/mol. The first-order valence-electron chi connectivity index (χ1n) is 4.16. The topological polar surface area (TPSA) is 55.1 Å². The second kappa shape index (κ2) is 3.04. The summed E-state index contributed by atoms with van der Waals surface area (Å²) in [4.78, 5) is 11.3. The van der Waals surface area contributed by atoms with Crippen LogP contribution in [0.3, 0.4) is 0 Å². The predicted molar refractivity (Wildman–Crippen MR) is 42.8 cm³/mol. The number of alkyl halides is 2. The third-order valence-corrected chi connectivity index (χ3v) is 2.15. The number of aromatic nitrogens is 1. The van der Waals surface area contributed by atoms with Crippen molar-refractivity contribution in [1.82, 2.24) is 5.16 Å². The summed E-state index contributed by atoms with van der Waals surface area (Å²) in [6.07, 6.45) is 0.540. The third kappa shape index (κ3) is 1.73. The number of hydrogen-bond acceptors (Lipinski definition) is 3.